The Kier molecular flexibility index (Phi) is 9.88. The van der Waals surface area contributed by atoms with E-state index in [0.29, 0.717) is 23.2 Å². The molecule has 5 aliphatic rings. The molecule has 4 aromatic rings. The number of halogens is 4. The molecule has 1 saturated heterocycles. The molecule has 0 aromatic heterocycles. The molecule has 54 heavy (non-hydrogen) atoms. The van der Waals surface area contributed by atoms with Gasteiger partial charge in [0.15, 0.2) is 4.87 Å². The highest BCUT2D eigenvalue weighted by atomic mass is 32.2. The predicted molar refractivity (Wildman–Crippen MR) is 202 cm³/mol. The van der Waals surface area contributed by atoms with E-state index in [1.807, 2.05) is 42.5 Å². The molecule has 1 aliphatic carbocycles. The van der Waals surface area contributed by atoms with Crippen LogP contribution in [-0.4, -0.2) is 51.1 Å². The average molecular weight is 773 g/mol. The van der Waals surface area contributed by atoms with Crippen LogP contribution in [-0.2, 0) is 32.3 Å². The van der Waals surface area contributed by atoms with Crippen LogP contribution in [0.15, 0.2) is 95.1 Å². The summed E-state index contributed by atoms with van der Waals surface area (Å²) in [7, 11) is 0. The third-order valence-corrected chi connectivity index (χ3v) is 13.1. The highest BCUT2D eigenvalue weighted by Crippen LogP contribution is 2.54. The van der Waals surface area contributed by atoms with Crippen LogP contribution in [0.4, 0.5) is 17.6 Å². The lowest BCUT2D eigenvalue weighted by Gasteiger charge is -2.40. The molecule has 2 spiro atoms. The number of benzene rings is 4. The standard InChI is InChI=1S/C22H21F2N3OS.C18H15F2N3OS/c23-15-9-10-18(24)16(13-15)20-26-27(21(28)19-8-4-12-25-19)22(29-20)11-3-6-14-5-1-2-7-17(14)22;1-11(24)23-18(10-21-9-12-4-2-3-5-15(12)18)25-17(22-23)14-8-13(19)6-7-16(14)20/h1-2,5,7,9-10,13,19,25H,3-4,6,8,11-12H2;2-8,21H,9-10H2,1H3/t19-,22?;/m0./s1. The molecule has 2 unspecified atom stereocenters. The highest BCUT2D eigenvalue weighted by Gasteiger charge is 2.53. The van der Waals surface area contributed by atoms with Gasteiger partial charge < -0.3 is 10.6 Å². The van der Waals surface area contributed by atoms with E-state index in [0.717, 1.165) is 91.7 Å². The second-order valence-electron chi connectivity index (χ2n) is 13.7. The Morgan fingerprint density at radius 1 is 0.759 bits per heavy atom. The van der Waals surface area contributed by atoms with Gasteiger partial charge in [0.2, 0.25) is 5.91 Å². The van der Waals surface area contributed by atoms with Crippen LogP contribution in [0.25, 0.3) is 0 Å². The first-order valence-electron chi connectivity index (χ1n) is 17.8. The Balaban J connectivity index is 0.000000155. The molecule has 8 nitrogen and oxygen atoms in total. The molecule has 3 atom stereocenters. The Hall–Kier alpha value is -4.50. The summed E-state index contributed by atoms with van der Waals surface area (Å²) >= 11 is 2.64. The minimum Gasteiger partial charge on any atom is -0.309 e. The lowest BCUT2D eigenvalue weighted by Crippen LogP contribution is -2.50. The van der Waals surface area contributed by atoms with Gasteiger partial charge in [0.05, 0.1) is 6.04 Å². The minimum atomic E-state index is -0.797. The first-order valence-corrected chi connectivity index (χ1v) is 19.4. The molecule has 1 fully saturated rings. The number of hydrogen-bond donors (Lipinski definition) is 2. The summed E-state index contributed by atoms with van der Waals surface area (Å²) in [6.45, 7) is 3.38. The van der Waals surface area contributed by atoms with Crippen LogP contribution in [0.1, 0.15) is 66.0 Å². The van der Waals surface area contributed by atoms with E-state index in [1.54, 1.807) is 5.01 Å². The quantitative estimate of drug-likeness (QED) is 0.212. The maximum atomic E-state index is 14.5. The van der Waals surface area contributed by atoms with Crippen molar-refractivity contribution >= 4 is 45.4 Å². The number of fused-ring (bicyclic) bond motifs is 4. The lowest BCUT2D eigenvalue weighted by molar-refractivity contribution is -0.137. The largest absolute Gasteiger partial charge is 0.309 e. The Labute approximate surface area is 318 Å². The summed E-state index contributed by atoms with van der Waals surface area (Å²) in [4.78, 5) is 24.2. The second-order valence-corrected chi connectivity index (χ2v) is 16.3. The third kappa shape index (κ3) is 6.42. The van der Waals surface area contributed by atoms with Crippen LogP contribution in [0.3, 0.4) is 0 Å². The van der Waals surface area contributed by atoms with Crippen LogP contribution >= 0.6 is 23.5 Å². The van der Waals surface area contributed by atoms with Crippen molar-refractivity contribution in [3.8, 4) is 0 Å². The smallest absolute Gasteiger partial charge is 0.261 e. The van der Waals surface area contributed by atoms with Crippen molar-refractivity contribution in [2.45, 2.75) is 61.4 Å². The lowest BCUT2D eigenvalue weighted by atomic mass is 9.86. The molecule has 2 amide bonds. The SMILES string of the molecule is CC(=O)N1N=C(c2cc(F)ccc2F)SC12CNCc1ccccc12.O=C([C@@H]1CCCN1)N1N=C(c2cc(F)ccc2F)SC12CCCc1ccccc12. The van der Waals surface area contributed by atoms with Gasteiger partial charge in [-0.15, -0.1) is 0 Å². The average Bonchev–Trinajstić information content (AvgIpc) is 3.94. The molecular weight excluding hydrogens is 737 g/mol. The molecule has 4 aliphatic heterocycles. The fourth-order valence-electron chi connectivity index (χ4n) is 7.82. The number of aryl methyl sites for hydroxylation is 1. The van der Waals surface area contributed by atoms with Gasteiger partial charge in [0.25, 0.3) is 5.91 Å². The van der Waals surface area contributed by atoms with Gasteiger partial charge in [0, 0.05) is 31.1 Å². The van der Waals surface area contributed by atoms with Crippen molar-refractivity contribution in [3.63, 3.8) is 0 Å². The molecule has 2 N–H and O–H groups in total. The molecule has 14 heteroatoms. The molecule has 0 saturated carbocycles. The zero-order valence-corrected chi connectivity index (χ0v) is 30.9. The number of thioether (sulfide) groups is 2. The maximum absolute atomic E-state index is 14.5. The first kappa shape index (κ1) is 36.5. The zero-order valence-electron chi connectivity index (χ0n) is 29.3. The summed E-state index contributed by atoms with van der Waals surface area (Å²) in [5.41, 5.74) is 4.41. The van der Waals surface area contributed by atoms with Crippen molar-refractivity contribution in [2.24, 2.45) is 10.2 Å². The van der Waals surface area contributed by atoms with E-state index in [2.05, 4.69) is 26.9 Å². The number of hydrogen-bond acceptors (Lipinski definition) is 8. The molecule has 9 rings (SSSR count). The van der Waals surface area contributed by atoms with Gasteiger partial charge in [-0.2, -0.15) is 10.2 Å². The van der Waals surface area contributed by atoms with E-state index < -0.39 is 33.0 Å². The number of carbonyl (C=O) groups excluding carboxylic acids is 2. The number of hydrazone groups is 2. The topological polar surface area (TPSA) is 89.4 Å². The van der Waals surface area contributed by atoms with E-state index in [-0.39, 0.29) is 29.0 Å². The second kappa shape index (κ2) is 14.6. The van der Waals surface area contributed by atoms with Gasteiger partial charge >= 0.3 is 0 Å². The van der Waals surface area contributed by atoms with Crippen LogP contribution < -0.4 is 10.6 Å². The van der Waals surface area contributed by atoms with Crippen molar-refractivity contribution in [1.82, 2.24) is 20.7 Å². The molecule has 0 radical (unpaired) electrons. The van der Waals surface area contributed by atoms with Crippen molar-refractivity contribution in [1.29, 1.82) is 0 Å². The predicted octanol–water partition coefficient (Wildman–Crippen LogP) is 7.32. The summed E-state index contributed by atoms with van der Waals surface area (Å²) < 4.78 is 56.2. The van der Waals surface area contributed by atoms with E-state index in [1.165, 1.54) is 41.0 Å². The fraction of sp³-hybridized carbons (Fsp3) is 0.300. The van der Waals surface area contributed by atoms with Crippen molar-refractivity contribution in [2.75, 3.05) is 13.1 Å². The van der Waals surface area contributed by atoms with Gasteiger partial charge in [-0.05, 0) is 97.3 Å². The first-order chi connectivity index (χ1) is 26.1. The Morgan fingerprint density at radius 3 is 1.98 bits per heavy atom. The van der Waals surface area contributed by atoms with Crippen LogP contribution in [0, 0.1) is 23.3 Å². The van der Waals surface area contributed by atoms with Crippen molar-refractivity contribution < 1.29 is 27.2 Å². The number of amides is 2. The van der Waals surface area contributed by atoms with Crippen molar-refractivity contribution in [3.05, 3.63) is 142 Å². The summed E-state index contributed by atoms with van der Waals surface area (Å²) in [5, 5.41) is 19.1. The normalized spacial score (nSPS) is 24.1. The number of nitrogens with one attached hydrogen (secondary N) is 2. The van der Waals surface area contributed by atoms with Gasteiger partial charge in [-0.1, -0.05) is 72.1 Å². The van der Waals surface area contributed by atoms with Gasteiger partial charge in [-0.3, -0.25) is 9.59 Å². The van der Waals surface area contributed by atoms with Crippen LogP contribution in [0.5, 0.6) is 0 Å². The number of nitrogens with zero attached hydrogens (tertiary/aromatic N) is 4. The number of rotatable bonds is 3. The summed E-state index contributed by atoms with van der Waals surface area (Å²) in [6, 6.07) is 22.2. The molecular formula is C40H36F4N6O2S2. The molecule has 278 valence electrons. The zero-order chi connectivity index (χ0) is 37.6. The fourth-order valence-corrected chi connectivity index (χ4v) is 10.8. The summed E-state index contributed by atoms with van der Waals surface area (Å²) in [5.74, 6) is -2.52. The van der Waals surface area contributed by atoms with Crippen LogP contribution in [0.2, 0.25) is 0 Å². The summed E-state index contributed by atoms with van der Waals surface area (Å²) in [6.07, 6.45) is 4.26. The number of carbonyl (C=O) groups is 2. The highest BCUT2D eigenvalue weighted by molar-refractivity contribution is 8.15. The minimum absolute atomic E-state index is 0.0659. The molecule has 4 heterocycles. The Morgan fingerprint density at radius 2 is 1.35 bits per heavy atom. The Bertz CT molecular complexity index is 2210. The van der Waals surface area contributed by atoms with E-state index in [9.17, 15) is 27.2 Å². The van der Waals surface area contributed by atoms with Gasteiger partial charge in [-0.25, -0.2) is 27.6 Å². The third-order valence-electron chi connectivity index (χ3n) is 10.3. The monoisotopic (exact) mass is 772 g/mol. The van der Waals surface area contributed by atoms with E-state index >= 15 is 0 Å². The molecule has 0 bridgehead atoms. The van der Waals surface area contributed by atoms with E-state index in [4.69, 9.17) is 0 Å². The maximum Gasteiger partial charge on any atom is 0.261 e. The molecule has 4 aromatic carbocycles. The van der Waals surface area contributed by atoms with Gasteiger partial charge in [0.1, 0.15) is 38.2 Å².